The van der Waals surface area contributed by atoms with Crippen LogP contribution in [0.3, 0.4) is 0 Å². The van der Waals surface area contributed by atoms with Crippen LogP contribution in [0.1, 0.15) is 52.9 Å². The van der Waals surface area contributed by atoms with Crippen LogP contribution in [0.4, 0.5) is 0 Å². The SMILES string of the molecule is C=C(C)CCC1CCCC1CNCC(C)C. The Morgan fingerprint density at radius 2 is 2.00 bits per heavy atom. The molecule has 2 atom stereocenters. The van der Waals surface area contributed by atoms with Crippen LogP contribution in [-0.4, -0.2) is 13.1 Å². The summed E-state index contributed by atoms with van der Waals surface area (Å²) in [6.07, 6.45) is 6.91. The molecule has 1 fully saturated rings. The second-order valence-electron chi connectivity index (χ2n) is 6.00. The molecule has 1 nitrogen and oxygen atoms in total. The molecular formula is C15H29N. The molecule has 94 valence electrons. The third kappa shape index (κ3) is 5.16. The molecule has 0 spiro atoms. The Morgan fingerprint density at radius 3 is 2.62 bits per heavy atom. The van der Waals surface area contributed by atoms with Gasteiger partial charge in [-0.3, -0.25) is 0 Å². The lowest BCUT2D eigenvalue weighted by Gasteiger charge is -2.20. The Bertz CT molecular complexity index is 207. The van der Waals surface area contributed by atoms with Crippen molar-refractivity contribution < 1.29 is 0 Å². The highest BCUT2D eigenvalue weighted by Gasteiger charge is 2.26. The van der Waals surface area contributed by atoms with Gasteiger partial charge >= 0.3 is 0 Å². The fourth-order valence-electron chi connectivity index (χ4n) is 2.75. The zero-order valence-electron chi connectivity index (χ0n) is 11.4. The molecule has 1 saturated carbocycles. The summed E-state index contributed by atoms with van der Waals surface area (Å²) >= 11 is 0. The van der Waals surface area contributed by atoms with Gasteiger partial charge in [0.1, 0.15) is 0 Å². The van der Waals surface area contributed by atoms with E-state index in [1.165, 1.54) is 50.8 Å². The smallest absolute Gasteiger partial charge is 0.00178 e. The van der Waals surface area contributed by atoms with Crippen molar-refractivity contribution >= 4 is 0 Å². The quantitative estimate of drug-likeness (QED) is 0.643. The Kier molecular flexibility index (Phi) is 6.12. The molecule has 0 bridgehead atoms. The van der Waals surface area contributed by atoms with Crippen LogP contribution in [0.25, 0.3) is 0 Å². The molecule has 2 unspecified atom stereocenters. The Morgan fingerprint density at radius 1 is 1.31 bits per heavy atom. The van der Waals surface area contributed by atoms with Gasteiger partial charge in [-0.2, -0.15) is 0 Å². The minimum Gasteiger partial charge on any atom is -0.316 e. The van der Waals surface area contributed by atoms with Crippen molar-refractivity contribution in [3.63, 3.8) is 0 Å². The van der Waals surface area contributed by atoms with Crippen molar-refractivity contribution in [2.75, 3.05) is 13.1 Å². The molecule has 1 aliphatic rings. The van der Waals surface area contributed by atoms with Gasteiger partial charge in [0.25, 0.3) is 0 Å². The standard InChI is InChI=1S/C15H29N/c1-12(2)8-9-14-6-5-7-15(14)11-16-10-13(3)4/h13-16H,1,5-11H2,2-4H3. The van der Waals surface area contributed by atoms with Gasteiger partial charge in [-0.25, -0.2) is 0 Å². The third-order valence-corrected chi connectivity index (χ3v) is 3.72. The monoisotopic (exact) mass is 223 g/mol. The van der Waals surface area contributed by atoms with Crippen LogP contribution in [0.5, 0.6) is 0 Å². The minimum atomic E-state index is 0.773. The van der Waals surface area contributed by atoms with Crippen LogP contribution in [-0.2, 0) is 0 Å². The molecule has 0 radical (unpaired) electrons. The fraction of sp³-hybridized carbons (Fsp3) is 0.867. The molecule has 1 N–H and O–H groups in total. The first-order chi connectivity index (χ1) is 7.59. The maximum atomic E-state index is 4.01. The normalized spacial score (nSPS) is 25.2. The van der Waals surface area contributed by atoms with Gasteiger partial charge in [0.15, 0.2) is 0 Å². The minimum absolute atomic E-state index is 0.773. The maximum Gasteiger partial charge on any atom is -0.00178 e. The lowest BCUT2D eigenvalue weighted by Crippen LogP contribution is -2.28. The van der Waals surface area contributed by atoms with Crippen LogP contribution in [0.2, 0.25) is 0 Å². The van der Waals surface area contributed by atoms with E-state index in [-0.39, 0.29) is 0 Å². The summed E-state index contributed by atoms with van der Waals surface area (Å²) < 4.78 is 0. The summed E-state index contributed by atoms with van der Waals surface area (Å²) in [5, 5.41) is 3.62. The van der Waals surface area contributed by atoms with Crippen molar-refractivity contribution in [2.24, 2.45) is 17.8 Å². The lowest BCUT2D eigenvalue weighted by atomic mass is 9.90. The van der Waals surface area contributed by atoms with Gasteiger partial charge in [0.05, 0.1) is 0 Å². The van der Waals surface area contributed by atoms with E-state index in [1.54, 1.807) is 0 Å². The van der Waals surface area contributed by atoms with E-state index >= 15 is 0 Å². The second-order valence-corrected chi connectivity index (χ2v) is 6.00. The van der Waals surface area contributed by atoms with E-state index < -0.39 is 0 Å². The molecule has 0 aromatic heterocycles. The predicted octanol–water partition coefficient (Wildman–Crippen LogP) is 4.00. The summed E-state index contributed by atoms with van der Waals surface area (Å²) in [6, 6.07) is 0. The number of rotatable bonds is 7. The number of hydrogen-bond donors (Lipinski definition) is 1. The average Bonchev–Trinajstić information content (AvgIpc) is 2.62. The highest BCUT2D eigenvalue weighted by atomic mass is 14.9. The van der Waals surface area contributed by atoms with Gasteiger partial charge in [-0.1, -0.05) is 32.3 Å². The maximum absolute atomic E-state index is 4.01. The first-order valence-electron chi connectivity index (χ1n) is 6.94. The van der Waals surface area contributed by atoms with Gasteiger partial charge in [-0.15, -0.1) is 6.58 Å². The van der Waals surface area contributed by atoms with Crippen LogP contribution in [0.15, 0.2) is 12.2 Å². The van der Waals surface area contributed by atoms with E-state index in [9.17, 15) is 0 Å². The molecule has 0 saturated heterocycles. The van der Waals surface area contributed by atoms with Crippen molar-refractivity contribution in [3.8, 4) is 0 Å². The van der Waals surface area contributed by atoms with E-state index in [0.717, 1.165) is 17.8 Å². The van der Waals surface area contributed by atoms with Crippen molar-refractivity contribution in [1.29, 1.82) is 0 Å². The number of hydrogen-bond acceptors (Lipinski definition) is 1. The first kappa shape index (κ1) is 13.8. The van der Waals surface area contributed by atoms with Crippen LogP contribution < -0.4 is 5.32 Å². The van der Waals surface area contributed by atoms with Crippen molar-refractivity contribution in [3.05, 3.63) is 12.2 Å². The molecule has 0 amide bonds. The van der Waals surface area contributed by atoms with Crippen LogP contribution >= 0.6 is 0 Å². The molecule has 0 heterocycles. The fourth-order valence-corrected chi connectivity index (χ4v) is 2.75. The Hall–Kier alpha value is -0.300. The first-order valence-corrected chi connectivity index (χ1v) is 6.94. The van der Waals surface area contributed by atoms with E-state index in [2.05, 4.69) is 32.7 Å². The summed E-state index contributed by atoms with van der Waals surface area (Å²) in [7, 11) is 0. The molecule has 0 aromatic rings. The number of allylic oxidation sites excluding steroid dienone is 1. The molecular weight excluding hydrogens is 194 g/mol. The second kappa shape index (κ2) is 7.11. The number of nitrogens with one attached hydrogen (secondary N) is 1. The van der Waals surface area contributed by atoms with Gasteiger partial charge in [-0.05, 0) is 57.0 Å². The lowest BCUT2D eigenvalue weighted by molar-refractivity contribution is 0.341. The molecule has 1 heteroatoms. The average molecular weight is 223 g/mol. The van der Waals surface area contributed by atoms with E-state index in [4.69, 9.17) is 0 Å². The Balaban J connectivity index is 2.20. The van der Waals surface area contributed by atoms with Gasteiger partial charge < -0.3 is 5.32 Å². The Labute approximate surface area is 102 Å². The zero-order valence-corrected chi connectivity index (χ0v) is 11.4. The topological polar surface area (TPSA) is 12.0 Å². The molecule has 1 rings (SSSR count). The predicted molar refractivity (Wildman–Crippen MR) is 72.6 cm³/mol. The largest absolute Gasteiger partial charge is 0.316 e. The zero-order chi connectivity index (χ0) is 12.0. The highest BCUT2D eigenvalue weighted by Crippen LogP contribution is 2.35. The molecule has 0 aliphatic heterocycles. The van der Waals surface area contributed by atoms with Crippen molar-refractivity contribution in [1.82, 2.24) is 5.32 Å². The van der Waals surface area contributed by atoms with E-state index in [1.807, 2.05) is 0 Å². The van der Waals surface area contributed by atoms with Gasteiger partial charge in [0, 0.05) is 0 Å². The molecule has 0 aromatic carbocycles. The molecule has 16 heavy (non-hydrogen) atoms. The van der Waals surface area contributed by atoms with E-state index in [0.29, 0.717) is 0 Å². The third-order valence-electron chi connectivity index (χ3n) is 3.72. The summed E-state index contributed by atoms with van der Waals surface area (Å²) in [5.41, 5.74) is 1.35. The highest BCUT2D eigenvalue weighted by molar-refractivity contribution is 4.90. The molecule has 1 aliphatic carbocycles. The summed E-state index contributed by atoms with van der Waals surface area (Å²) in [5.74, 6) is 2.66. The van der Waals surface area contributed by atoms with Crippen LogP contribution in [0, 0.1) is 17.8 Å². The summed E-state index contributed by atoms with van der Waals surface area (Å²) in [6.45, 7) is 13.1. The van der Waals surface area contributed by atoms with Gasteiger partial charge in [0.2, 0.25) is 0 Å². The summed E-state index contributed by atoms with van der Waals surface area (Å²) in [4.78, 5) is 0. The van der Waals surface area contributed by atoms with Crippen molar-refractivity contribution in [2.45, 2.75) is 52.9 Å².